The molecule has 0 spiro atoms. The van der Waals surface area contributed by atoms with Crippen molar-refractivity contribution in [1.29, 1.82) is 0 Å². The van der Waals surface area contributed by atoms with Crippen molar-refractivity contribution in [3.05, 3.63) is 41.1 Å². The van der Waals surface area contributed by atoms with E-state index < -0.39 is 0 Å². The summed E-state index contributed by atoms with van der Waals surface area (Å²) >= 11 is 0. The van der Waals surface area contributed by atoms with E-state index in [2.05, 4.69) is 53.2 Å². The number of hydrogen-bond donors (Lipinski definition) is 1. The predicted molar refractivity (Wildman–Crippen MR) is 116 cm³/mol. The lowest BCUT2D eigenvalue weighted by Crippen LogP contribution is -2.39. The Labute approximate surface area is 168 Å². The van der Waals surface area contributed by atoms with Crippen LogP contribution in [0.25, 0.3) is 16.5 Å². The van der Waals surface area contributed by atoms with E-state index in [1.165, 1.54) is 27.8 Å². The Balaban J connectivity index is 1.88. The number of carbonyl (C=O) groups is 1. The molecule has 28 heavy (non-hydrogen) atoms. The number of rotatable bonds is 5. The largest absolute Gasteiger partial charge is 0.336 e. The molecule has 0 unspecified atom stereocenters. The molecule has 1 aromatic heterocycles. The Morgan fingerprint density at radius 1 is 1.25 bits per heavy atom. The molecule has 4 rings (SSSR count). The van der Waals surface area contributed by atoms with Gasteiger partial charge < -0.3 is 4.90 Å². The highest BCUT2D eigenvalue weighted by Gasteiger charge is 2.34. The number of carbonyl (C=O) groups excluding carboxylic acids is 1. The van der Waals surface area contributed by atoms with Gasteiger partial charge in [-0.05, 0) is 62.9 Å². The Bertz CT molecular complexity index is 922. The Kier molecular flexibility index (Phi) is 5.19. The lowest BCUT2D eigenvalue weighted by atomic mass is 9.81. The van der Waals surface area contributed by atoms with Crippen molar-refractivity contribution in [1.82, 2.24) is 14.5 Å². The molecule has 2 aliphatic rings. The van der Waals surface area contributed by atoms with Gasteiger partial charge in [-0.1, -0.05) is 31.6 Å². The van der Waals surface area contributed by atoms with Gasteiger partial charge in [0, 0.05) is 36.8 Å². The van der Waals surface area contributed by atoms with Crippen molar-refractivity contribution in [2.24, 2.45) is 0 Å². The van der Waals surface area contributed by atoms with Crippen LogP contribution in [0.15, 0.2) is 24.3 Å². The van der Waals surface area contributed by atoms with Crippen LogP contribution in [0.1, 0.15) is 50.4 Å². The molecule has 1 aliphatic carbocycles. The highest BCUT2D eigenvalue weighted by molar-refractivity contribution is 6.00. The maximum absolute atomic E-state index is 12.9. The third-order valence-corrected chi connectivity index (χ3v) is 6.39. The second-order valence-corrected chi connectivity index (χ2v) is 7.95. The fraction of sp³-hybridized carbons (Fsp3) is 0.522. The minimum atomic E-state index is -0.0239. The molecule has 2 aromatic rings. The van der Waals surface area contributed by atoms with Crippen molar-refractivity contribution in [3.63, 3.8) is 0 Å². The third-order valence-electron chi connectivity index (χ3n) is 6.39. The van der Waals surface area contributed by atoms with E-state index in [0.29, 0.717) is 19.1 Å². The molecule has 0 fully saturated rings. The molecular weight excluding hydrogens is 348 g/mol. The van der Waals surface area contributed by atoms with Crippen LogP contribution in [0.3, 0.4) is 0 Å². The lowest BCUT2D eigenvalue weighted by molar-refractivity contribution is 0.214. The van der Waals surface area contributed by atoms with Crippen LogP contribution in [-0.4, -0.2) is 53.2 Å². The maximum Gasteiger partial charge on any atom is 0.336 e. The van der Waals surface area contributed by atoms with Gasteiger partial charge >= 0.3 is 6.03 Å². The SMILES string of the molecule is CCCc1c2c3c(cccc3n1NC(=O)N(CC)CC)C1=CCCN(C)[C@@H]1C2. The molecule has 2 heterocycles. The van der Waals surface area contributed by atoms with Gasteiger partial charge in [-0.25, -0.2) is 10.2 Å². The number of aromatic nitrogens is 1. The molecule has 1 aliphatic heterocycles. The summed E-state index contributed by atoms with van der Waals surface area (Å²) in [5, 5.41) is 1.34. The number of nitrogens with one attached hydrogen (secondary N) is 1. The Hall–Kier alpha value is -2.27. The molecule has 1 N–H and O–H groups in total. The molecule has 1 aromatic carbocycles. The fourth-order valence-electron chi connectivity index (χ4n) is 4.93. The summed E-state index contributed by atoms with van der Waals surface area (Å²) in [5.41, 5.74) is 9.84. The zero-order valence-electron chi connectivity index (χ0n) is 17.6. The van der Waals surface area contributed by atoms with Crippen molar-refractivity contribution < 1.29 is 4.79 Å². The zero-order valence-corrected chi connectivity index (χ0v) is 17.6. The van der Waals surface area contributed by atoms with Crippen LogP contribution in [0.5, 0.6) is 0 Å². The van der Waals surface area contributed by atoms with Crippen LogP contribution in [-0.2, 0) is 12.8 Å². The number of nitrogens with zero attached hydrogens (tertiary/aromatic N) is 3. The normalized spacial score (nSPS) is 18.7. The van der Waals surface area contributed by atoms with Gasteiger partial charge in [0.05, 0.1) is 5.52 Å². The molecule has 5 nitrogen and oxygen atoms in total. The zero-order chi connectivity index (χ0) is 19.8. The van der Waals surface area contributed by atoms with E-state index in [-0.39, 0.29) is 6.03 Å². The van der Waals surface area contributed by atoms with Crippen molar-refractivity contribution in [3.8, 4) is 0 Å². The minimum absolute atomic E-state index is 0.0239. The molecule has 5 heteroatoms. The van der Waals surface area contributed by atoms with E-state index >= 15 is 0 Å². The fourth-order valence-corrected chi connectivity index (χ4v) is 4.93. The average molecular weight is 381 g/mol. The van der Waals surface area contributed by atoms with E-state index in [0.717, 1.165) is 37.7 Å². The summed E-state index contributed by atoms with van der Waals surface area (Å²) in [6, 6.07) is 6.96. The molecule has 0 saturated heterocycles. The van der Waals surface area contributed by atoms with Crippen molar-refractivity contribution in [2.45, 2.75) is 52.5 Å². The van der Waals surface area contributed by atoms with Crippen molar-refractivity contribution >= 4 is 22.5 Å². The van der Waals surface area contributed by atoms with Gasteiger partial charge in [0.15, 0.2) is 0 Å². The average Bonchev–Trinajstić information content (AvgIpc) is 2.98. The first-order valence-electron chi connectivity index (χ1n) is 10.7. The minimum Gasteiger partial charge on any atom is -0.324 e. The third kappa shape index (κ3) is 2.93. The van der Waals surface area contributed by atoms with Crippen LogP contribution >= 0.6 is 0 Å². The summed E-state index contributed by atoms with van der Waals surface area (Å²) in [4.78, 5) is 17.2. The van der Waals surface area contributed by atoms with Gasteiger partial charge in [-0.3, -0.25) is 9.58 Å². The van der Waals surface area contributed by atoms with Gasteiger partial charge in [-0.2, -0.15) is 0 Å². The van der Waals surface area contributed by atoms with E-state index in [1.807, 2.05) is 18.7 Å². The second kappa shape index (κ2) is 7.63. The summed E-state index contributed by atoms with van der Waals surface area (Å²) in [5.74, 6) is 0. The molecule has 1 atom stereocenters. The highest BCUT2D eigenvalue weighted by Crippen LogP contribution is 2.42. The standard InChI is InChI=1S/C23H32N4O/c1-5-10-19-18-15-21-16(12-9-14-25(21)4)17-11-8-13-20(22(17)18)27(19)24-23(28)26(6-2)7-3/h8,11-13,21H,5-7,9-10,14-15H2,1-4H3,(H,24,28)/t21-/m1/s1. The van der Waals surface area contributed by atoms with Crippen LogP contribution in [0.4, 0.5) is 4.79 Å². The topological polar surface area (TPSA) is 40.5 Å². The Morgan fingerprint density at radius 2 is 2.04 bits per heavy atom. The molecule has 0 bridgehead atoms. The molecule has 0 saturated carbocycles. The molecular formula is C23H32N4O. The first-order chi connectivity index (χ1) is 13.6. The number of fused-ring (bicyclic) bond motifs is 2. The highest BCUT2D eigenvalue weighted by atomic mass is 16.2. The van der Waals surface area contributed by atoms with Gasteiger partial charge in [0.2, 0.25) is 0 Å². The number of benzene rings is 1. The quantitative estimate of drug-likeness (QED) is 0.843. The van der Waals surface area contributed by atoms with Crippen LogP contribution in [0, 0.1) is 0 Å². The number of likely N-dealkylation sites (N-methyl/N-ethyl adjacent to an activating group) is 1. The van der Waals surface area contributed by atoms with E-state index in [4.69, 9.17) is 0 Å². The number of amides is 2. The summed E-state index contributed by atoms with van der Waals surface area (Å²) in [6.07, 6.45) is 6.59. The Morgan fingerprint density at radius 3 is 2.75 bits per heavy atom. The monoisotopic (exact) mass is 380 g/mol. The van der Waals surface area contributed by atoms with Crippen LogP contribution in [0.2, 0.25) is 0 Å². The van der Waals surface area contributed by atoms with Gasteiger partial charge in [0.1, 0.15) is 0 Å². The van der Waals surface area contributed by atoms with Gasteiger partial charge in [-0.15, -0.1) is 0 Å². The van der Waals surface area contributed by atoms with E-state index in [1.54, 1.807) is 0 Å². The molecule has 0 radical (unpaired) electrons. The predicted octanol–water partition coefficient (Wildman–Crippen LogP) is 4.24. The maximum atomic E-state index is 12.9. The second-order valence-electron chi connectivity index (χ2n) is 7.95. The summed E-state index contributed by atoms with van der Waals surface area (Å²) < 4.78 is 2.08. The van der Waals surface area contributed by atoms with Gasteiger partial charge in [0.25, 0.3) is 0 Å². The summed E-state index contributed by atoms with van der Waals surface area (Å²) in [6.45, 7) is 8.79. The molecule has 2 amide bonds. The van der Waals surface area contributed by atoms with Crippen LogP contribution < -0.4 is 5.43 Å². The first-order valence-corrected chi connectivity index (χ1v) is 10.7. The van der Waals surface area contributed by atoms with E-state index in [9.17, 15) is 4.79 Å². The first kappa shape index (κ1) is 19.1. The summed E-state index contributed by atoms with van der Waals surface area (Å²) in [7, 11) is 2.24. The molecule has 150 valence electrons. The number of hydrogen-bond acceptors (Lipinski definition) is 2. The van der Waals surface area contributed by atoms with Crippen molar-refractivity contribution in [2.75, 3.05) is 32.1 Å². The lowest BCUT2D eigenvalue weighted by Gasteiger charge is -2.37. The smallest absolute Gasteiger partial charge is 0.324 e. The number of urea groups is 1.